The van der Waals surface area contributed by atoms with Gasteiger partial charge in [-0.25, -0.2) is 0 Å². The third-order valence-electron chi connectivity index (χ3n) is 2.14. The maximum Gasteiger partial charge on any atom is 0.0449 e. The van der Waals surface area contributed by atoms with Crippen LogP contribution in [0.5, 0.6) is 0 Å². The van der Waals surface area contributed by atoms with E-state index in [0.717, 1.165) is 29.0 Å². The second-order valence-corrected chi connectivity index (χ2v) is 5.41. The van der Waals surface area contributed by atoms with Crippen LogP contribution in [0.2, 0.25) is 5.02 Å². The molecule has 0 aliphatic heterocycles. The summed E-state index contributed by atoms with van der Waals surface area (Å²) in [5.74, 6) is 0.699. The summed E-state index contributed by atoms with van der Waals surface area (Å²) in [5.41, 5.74) is 1.20. The predicted molar refractivity (Wildman–Crippen MR) is 70.6 cm³/mol. The summed E-state index contributed by atoms with van der Waals surface area (Å²) in [6.07, 6.45) is 0.985. The predicted octanol–water partition coefficient (Wildman–Crippen LogP) is 3.89. The number of halogens is 2. The Morgan fingerprint density at radius 3 is 2.73 bits per heavy atom. The quantitative estimate of drug-likeness (QED) is 0.811. The van der Waals surface area contributed by atoms with E-state index in [1.165, 1.54) is 5.56 Å². The van der Waals surface area contributed by atoms with Gasteiger partial charge in [0.05, 0.1) is 0 Å². The van der Waals surface area contributed by atoms with Gasteiger partial charge in [0.2, 0.25) is 0 Å². The SMILES string of the molecule is CC(C)CNCCc1ccc(Br)cc1Cl. The van der Waals surface area contributed by atoms with E-state index in [1.807, 2.05) is 12.1 Å². The molecule has 0 bridgehead atoms. The zero-order valence-corrected chi connectivity index (χ0v) is 11.5. The minimum absolute atomic E-state index is 0.699. The molecule has 15 heavy (non-hydrogen) atoms. The normalized spacial score (nSPS) is 11.0. The number of nitrogens with one attached hydrogen (secondary N) is 1. The van der Waals surface area contributed by atoms with Crippen LogP contribution >= 0.6 is 27.5 Å². The second-order valence-electron chi connectivity index (χ2n) is 4.08. The molecule has 1 aromatic rings. The van der Waals surface area contributed by atoms with Crippen molar-refractivity contribution in [3.8, 4) is 0 Å². The zero-order valence-electron chi connectivity index (χ0n) is 9.19. The van der Waals surface area contributed by atoms with Gasteiger partial charge in [0, 0.05) is 9.50 Å². The topological polar surface area (TPSA) is 12.0 Å². The summed E-state index contributed by atoms with van der Waals surface area (Å²) in [4.78, 5) is 0. The van der Waals surface area contributed by atoms with Crippen LogP contribution in [-0.2, 0) is 6.42 Å². The molecule has 0 aliphatic carbocycles. The van der Waals surface area contributed by atoms with Crippen molar-refractivity contribution in [2.24, 2.45) is 5.92 Å². The van der Waals surface area contributed by atoms with Gasteiger partial charge in [0.25, 0.3) is 0 Å². The molecule has 0 fully saturated rings. The van der Waals surface area contributed by atoms with Gasteiger partial charge in [-0.3, -0.25) is 0 Å². The van der Waals surface area contributed by atoms with Crippen molar-refractivity contribution in [3.05, 3.63) is 33.3 Å². The van der Waals surface area contributed by atoms with Crippen molar-refractivity contribution in [3.63, 3.8) is 0 Å². The van der Waals surface area contributed by atoms with Crippen molar-refractivity contribution in [1.82, 2.24) is 5.32 Å². The molecule has 1 nitrogen and oxygen atoms in total. The Labute approximate surface area is 105 Å². The maximum absolute atomic E-state index is 6.11. The lowest BCUT2D eigenvalue weighted by Gasteiger charge is -2.08. The van der Waals surface area contributed by atoms with E-state index in [9.17, 15) is 0 Å². The van der Waals surface area contributed by atoms with Crippen LogP contribution in [-0.4, -0.2) is 13.1 Å². The largest absolute Gasteiger partial charge is 0.316 e. The third-order valence-corrected chi connectivity index (χ3v) is 2.98. The van der Waals surface area contributed by atoms with Gasteiger partial charge in [0.1, 0.15) is 0 Å². The van der Waals surface area contributed by atoms with Gasteiger partial charge in [-0.2, -0.15) is 0 Å². The first kappa shape index (κ1) is 13.0. The highest BCUT2D eigenvalue weighted by Gasteiger charge is 2.00. The van der Waals surface area contributed by atoms with Crippen LogP contribution in [0.4, 0.5) is 0 Å². The Balaban J connectivity index is 2.37. The molecule has 0 saturated carbocycles. The molecule has 84 valence electrons. The van der Waals surface area contributed by atoms with E-state index in [1.54, 1.807) is 0 Å². The molecule has 0 heterocycles. The Morgan fingerprint density at radius 2 is 2.13 bits per heavy atom. The van der Waals surface area contributed by atoms with Gasteiger partial charge < -0.3 is 5.32 Å². The minimum Gasteiger partial charge on any atom is -0.316 e. The van der Waals surface area contributed by atoms with Gasteiger partial charge in [-0.05, 0) is 43.1 Å². The molecule has 1 rings (SSSR count). The van der Waals surface area contributed by atoms with Gasteiger partial charge in [0.15, 0.2) is 0 Å². The van der Waals surface area contributed by atoms with Gasteiger partial charge in [-0.15, -0.1) is 0 Å². The van der Waals surface area contributed by atoms with Crippen molar-refractivity contribution in [2.45, 2.75) is 20.3 Å². The molecule has 0 radical (unpaired) electrons. The average Bonchev–Trinajstić information content (AvgIpc) is 2.14. The van der Waals surface area contributed by atoms with E-state index in [2.05, 4.69) is 41.2 Å². The monoisotopic (exact) mass is 289 g/mol. The first-order valence-electron chi connectivity index (χ1n) is 5.24. The minimum atomic E-state index is 0.699. The van der Waals surface area contributed by atoms with Gasteiger partial charge in [-0.1, -0.05) is 47.4 Å². The summed E-state index contributed by atoms with van der Waals surface area (Å²) < 4.78 is 1.03. The Hall–Kier alpha value is -0.0500. The Bertz CT molecular complexity index is 312. The average molecular weight is 291 g/mol. The van der Waals surface area contributed by atoms with Gasteiger partial charge >= 0.3 is 0 Å². The van der Waals surface area contributed by atoms with Crippen molar-refractivity contribution in [2.75, 3.05) is 13.1 Å². The van der Waals surface area contributed by atoms with E-state index < -0.39 is 0 Å². The van der Waals surface area contributed by atoms with E-state index in [-0.39, 0.29) is 0 Å². The summed E-state index contributed by atoms with van der Waals surface area (Å²) in [6.45, 7) is 6.47. The summed E-state index contributed by atoms with van der Waals surface area (Å²) >= 11 is 9.51. The van der Waals surface area contributed by atoms with Crippen molar-refractivity contribution < 1.29 is 0 Å². The highest BCUT2D eigenvalue weighted by molar-refractivity contribution is 9.10. The van der Waals surface area contributed by atoms with Crippen LogP contribution in [0, 0.1) is 5.92 Å². The number of rotatable bonds is 5. The first-order valence-corrected chi connectivity index (χ1v) is 6.41. The molecule has 0 aromatic heterocycles. The van der Waals surface area contributed by atoms with Crippen molar-refractivity contribution in [1.29, 1.82) is 0 Å². The fourth-order valence-corrected chi connectivity index (χ4v) is 2.11. The Morgan fingerprint density at radius 1 is 1.40 bits per heavy atom. The highest BCUT2D eigenvalue weighted by Crippen LogP contribution is 2.21. The fourth-order valence-electron chi connectivity index (χ4n) is 1.34. The smallest absolute Gasteiger partial charge is 0.0449 e. The maximum atomic E-state index is 6.11. The second kappa shape index (κ2) is 6.51. The molecule has 1 N–H and O–H groups in total. The van der Waals surface area contributed by atoms with E-state index in [4.69, 9.17) is 11.6 Å². The molecule has 3 heteroatoms. The third kappa shape index (κ3) is 5.01. The van der Waals surface area contributed by atoms with Crippen LogP contribution in [0.25, 0.3) is 0 Å². The highest BCUT2D eigenvalue weighted by atomic mass is 79.9. The fraction of sp³-hybridized carbons (Fsp3) is 0.500. The van der Waals surface area contributed by atoms with Crippen LogP contribution in [0.3, 0.4) is 0 Å². The molecule has 1 aromatic carbocycles. The van der Waals surface area contributed by atoms with E-state index in [0.29, 0.717) is 5.92 Å². The summed E-state index contributed by atoms with van der Waals surface area (Å²) in [6, 6.07) is 6.05. The zero-order chi connectivity index (χ0) is 11.3. The molecule has 0 saturated heterocycles. The standard InChI is InChI=1S/C12H17BrClN/c1-9(2)8-15-6-5-10-3-4-11(13)7-12(10)14/h3-4,7,9,15H,5-6,8H2,1-2H3. The number of benzene rings is 1. The Kier molecular flexibility index (Phi) is 5.65. The van der Waals surface area contributed by atoms with Crippen LogP contribution in [0.1, 0.15) is 19.4 Å². The first-order chi connectivity index (χ1) is 7.09. The lowest BCUT2D eigenvalue weighted by molar-refractivity contribution is 0.554. The molecule has 0 aliphatic rings. The molecule has 0 spiro atoms. The lowest BCUT2D eigenvalue weighted by Crippen LogP contribution is -2.22. The van der Waals surface area contributed by atoms with E-state index >= 15 is 0 Å². The van der Waals surface area contributed by atoms with Crippen LogP contribution < -0.4 is 5.32 Å². The lowest BCUT2D eigenvalue weighted by atomic mass is 10.1. The molecule has 0 unspecified atom stereocenters. The number of hydrogen-bond donors (Lipinski definition) is 1. The number of hydrogen-bond acceptors (Lipinski definition) is 1. The molecule has 0 atom stereocenters. The summed E-state index contributed by atoms with van der Waals surface area (Å²) in [5, 5.41) is 4.25. The summed E-state index contributed by atoms with van der Waals surface area (Å²) in [7, 11) is 0. The molecular formula is C12H17BrClN. The van der Waals surface area contributed by atoms with Crippen LogP contribution in [0.15, 0.2) is 22.7 Å². The molecule has 0 amide bonds. The van der Waals surface area contributed by atoms with Crippen molar-refractivity contribution >= 4 is 27.5 Å². The molecular weight excluding hydrogens is 273 g/mol.